The van der Waals surface area contributed by atoms with Crippen LogP contribution in [0.1, 0.15) is 34.8 Å². The zero-order chi connectivity index (χ0) is 14.5. The Balaban J connectivity index is 2.16. The lowest BCUT2D eigenvalue weighted by atomic mass is 10.0. The lowest BCUT2D eigenvalue weighted by Gasteiger charge is -2.05. The minimum atomic E-state index is -0.680. The molecule has 2 aromatic rings. The van der Waals surface area contributed by atoms with Gasteiger partial charge in [-0.25, -0.2) is 8.78 Å². The molecule has 0 aliphatic rings. The van der Waals surface area contributed by atoms with Gasteiger partial charge in [0.2, 0.25) is 0 Å². The number of rotatable bonds is 5. The highest BCUT2D eigenvalue weighted by atomic mass is 19.1. The van der Waals surface area contributed by atoms with Gasteiger partial charge in [0.1, 0.15) is 11.6 Å². The molecule has 0 saturated heterocycles. The Bertz CT molecular complexity index is 583. The van der Waals surface area contributed by atoms with E-state index in [2.05, 4.69) is 6.92 Å². The highest BCUT2D eigenvalue weighted by molar-refractivity contribution is 5.97. The Labute approximate surface area is 117 Å². The monoisotopic (exact) mass is 274 g/mol. The molecule has 0 aliphatic carbocycles. The number of carbonyl (C=O) groups excluding carboxylic acids is 1. The van der Waals surface area contributed by atoms with Crippen molar-refractivity contribution in [2.75, 3.05) is 0 Å². The van der Waals surface area contributed by atoms with E-state index in [1.807, 2.05) is 12.1 Å². The molecule has 2 rings (SSSR count). The average molecular weight is 274 g/mol. The molecular weight excluding hydrogens is 258 g/mol. The zero-order valence-electron chi connectivity index (χ0n) is 11.3. The molecule has 104 valence electrons. The maximum atomic E-state index is 13.5. The minimum absolute atomic E-state index is 0.171. The fourth-order valence-electron chi connectivity index (χ4n) is 2.11. The molecule has 0 saturated carbocycles. The number of halogens is 2. The van der Waals surface area contributed by atoms with Crippen molar-refractivity contribution in [1.29, 1.82) is 0 Å². The van der Waals surface area contributed by atoms with Crippen LogP contribution in [-0.4, -0.2) is 5.78 Å². The second kappa shape index (κ2) is 6.42. The van der Waals surface area contributed by atoms with Crippen molar-refractivity contribution in [3.05, 3.63) is 70.8 Å². The maximum absolute atomic E-state index is 13.5. The van der Waals surface area contributed by atoms with Crippen molar-refractivity contribution in [3.63, 3.8) is 0 Å². The van der Waals surface area contributed by atoms with Gasteiger partial charge in [0.05, 0.1) is 0 Å². The Morgan fingerprint density at radius 3 is 2.15 bits per heavy atom. The summed E-state index contributed by atoms with van der Waals surface area (Å²) in [4.78, 5) is 12.1. The number of aryl methyl sites for hydroxylation is 1. The second-order valence-corrected chi connectivity index (χ2v) is 4.75. The first-order chi connectivity index (χ1) is 9.61. The van der Waals surface area contributed by atoms with Crippen LogP contribution in [-0.2, 0) is 12.8 Å². The minimum Gasteiger partial charge on any atom is -0.294 e. The molecule has 2 aromatic carbocycles. The van der Waals surface area contributed by atoms with E-state index in [1.54, 1.807) is 12.1 Å². The fourth-order valence-corrected chi connectivity index (χ4v) is 2.11. The van der Waals surface area contributed by atoms with E-state index in [4.69, 9.17) is 0 Å². The molecule has 0 unspecified atom stereocenters. The zero-order valence-corrected chi connectivity index (χ0v) is 11.3. The topological polar surface area (TPSA) is 17.1 Å². The standard InChI is InChI=1S/C17H16F2O/c1-2-4-12-7-9-13(10-8-12)17(20)11-14-15(18)5-3-6-16(14)19/h3,5-10H,2,4,11H2,1H3. The maximum Gasteiger partial charge on any atom is 0.167 e. The van der Waals surface area contributed by atoms with Gasteiger partial charge in [0.25, 0.3) is 0 Å². The molecule has 0 amide bonds. The van der Waals surface area contributed by atoms with E-state index in [0.29, 0.717) is 5.56 Å². The van der Waals surface area contributed by atoms with E-state index in [9.17, 15) is 13.6 Å². The molecule has 0 N–H and O–H groups in total. The first-order valence-electron chi connectivity index (χ1n) is 6.67. The molecule has 0 atom stereocenters. The van der Waals surface area contributed by atoms with Gasteiger partial charge >= 0.3 is 0 Å². The predicted molar refractivity (Wildman–Crippen MR) is 74.8 cm³/mol. The van der Waals surface area contributed by atoms with Gasteiger partial charge in [-0.05, 0) is 24.1 Å². The SMILES string of the molecule is CCCc1ccc(C(=O)Cc2c(F)cccc2F)cc1. The first-order valence-corrected chi connectivity index (χ1v) is 6.67. The van der Waals surface area contributed by atoms with Crippen LogP contribution in [0.3, 0.4) is 0 Å². The molecule has 0 bridgehead atoms. The van der Waals surface area contributed by atoms with Crippen LogP contribution in [0.4, 0.5) is 8.78 Å². The van der Waals surface area contributed by atoms with Gasteiger partial charge in [-0.2, -0.15) is 0 Å². The smallest absolute Gasteiger partial charge is 0.167 e. The number of hydrogen-bond donors (Lipinski definition) is 0. The van der Waals surface area contributed by atoms with Crippen LogP contribution in [0.2, 0.25) is 0 Å². The Hall–Kier alpha value is -2.03. The summed E-state index contributed by atoms with van der Waals surface area (Å²) in [5.74, 6) is -1.64. The average Bonchev–Trinajstić information content (AvgIpc) is 2.44. The number of carbonyl (C=O) groups is 1. The van der Waals surface area contributed by atoms with Crippen molar-refractivity contribution in [1.82, 2.24) is 0 Å². The van der Waals surface area contributed by atoms with Gasteiger partial charge in [-0.3, -0.25) is 4.79 Å². The molecule has 0 heterocycles. The van der Waals surface area contributed by atoms with E-state index in [1.165, 1.54) is 6.07 Å². The van der Waals surface area contributed by atoms with Crippen LogP contribution >= 0.6 is 0 Å². The second-order valence-electron chi connectivity index (χ2n) is 4.75. The summed E-state index contributed by atoms with van der Waals surface area (Å²) < 4.78 is 27.0. The lowest BCUT2D eigenvalue weighted by Crippen LogP contribution is -2.07. The molecule has 0 aliphatic heterocycles. The van der Waals surface area contributed by atoms with Gasteiger partial charge < -0.3 is 0 Å². The Morgan fingerprint density at radius 1 is 1.00 bits per heavy atom. The van der Waals surface area contributed by atoms with Crippen molar-refractivity contribution >= 4 is 5.78 Å². The summed E-state index contributed by atoms with van der Waals surface area (Å²) in [6.45, 7) is 2.08. The highest BCUT2D eigenvalue weighted by Gasteiger charge is 2.14. The molecule has 0 radical (unpaired) electrons. The summed E-state index contributed by atoms with van der Waals surface area (Å²) >= 11 is 0. The van der Waals surface area contributed by atoms with E-state index in [0.717, 1.165) is 30.5 Å². The molecule has 0 aromatic heterocycles. The third-order valence-corrected chi connectivity index (χ3v) is 3.21. The third kappa shape index (κ3) is 3.29. The van der Waals surface area contributed by atoms with E-state index >= 15 is 0 Å². The fraction of sp³-hybridized carbons (Fsp3) is 0.235. The quantitative estimate of drug-likeness (QED) is 0.741. The summed E-state index contributed by atoms with van der Waals surface area (Å²) in [5, 5.41) is 0. The number of hydrogen-bond acceptors (Lipinski definition) is 1. The number of Topliss-reactive ketones (excluding diaryl/α,β-unsaturated/α-hetero) is 1. The largest absolute Gasteiger partial charge is 0.294 e. The summed E-state index contributed by atoms with van der Waals surface area (Å²) in [5.41, 5.74) is 1.46. The molecule has 0 fully saturated rings. The predicted octanol–water partition coefficient (Wildman–Crippen LogP) is 4.34. The molecular formula is C17H16F2O. The third-order valence-electron chi connectivity index (χ3n) is 3.21. The summed E-state index contributed by atoms with van der Waals surface area (Å²) in [6, 6.07) is 10.8. The molecule has 1 nitrogen and oxygen atoms in total. The number of benzene rings is 2. The van der Waals surface area contributed by atoms with Crippen LogP contribution in [0.5, 0.6) is 0 Å². The summed E-state index contributed by atoms with van der Waals surface area (Å²) in [7, 11) is 0. The van der Waals surface area contributed by atoms with Crippen molar-refractivity contribution in [3.8, 4) is 0 Å². The van der Waals surface area contributed by atoms with Crippen LogP contribution in [0.25, 0.3) is 0 Å². The van der Waals surface area contributed by atoms with E-state index in [-0.39, 0.29) is 17.8 Å². The van der Waals surface area contributed by atoms with Crippen molar-refractivity contribution in [2.24, 2.45) is 0 Å². The Morgan fingerprint density at radius 2 is 1.60 bits per heavy atom. The first kappa shape index (κ1) is 14.4. The highest BCUT2D eigenvalue weighted by Crippen LogP contribution is 2.16. The van der Waals surface area contributed by atoms with Crippen LogP contribution < -0.4 is 0 Å². The van der Waals surface area contributed by atoms with Gasteiger partial charge in [-0.15, -0.1) is 0 Å². The lowest BCUT2D eigenvalue weighted by molar-refractivity contribution is 0.0990. The van der Waals surface area contributed by atoms with Gasteiger partial charge in [-0.1, -0.05) is 43.7 Å². The van der Waals surface area contributed by atoms with Crippen LogP contribution in [0.15, 0.2) is 42.5 Å². The van der Waals surface area contributed by atoms with Gasteiger partial charge in [0, 0.05) is 17.5 Å². The van der Waals surface area contributed by atoms with Crippen molar-refractivity contribution in [2.45, 2.75) is 26.2 Å². The van der Waals surface area contributed by atoms with Crippen molar-refractivity contribution < 1.29 is 13.6 Å². The normalized spacial score (nSPS) is 10.6. The molecule has 0 spiro atoms. The summed E-state index contributed by atoms with van der Waals surface area (Å²) in [6.07, 6.45) is 1.73. The molecule has 3 heteroatoms. The Kier molecular flexibility index (Phi) is 4.61. The number of ketones is 1. The molecule has 20 heavy (non-hydrogen) atoms. The van der Waals surface area contributed by atoms with Crippen LogP contribution in [0, 0.1) is 11.6 Å². The van der Waals surface area contributed by atoms with E-state index < -0.39 is 11.6 Å². The van der Waals surface area contributed by atoms with Gasteiger partial charge in [0.15, 0.2) is 5.78 Å².